The molecule has 0 amide bonds. The van der Waals surface area contributed by atoms with E-state index in [0.717, 1.165) is 24.7 Å². The van der Waals surface area contributed by atoms with Crippen LogP contribution in [-0.2, 0) is 10.5 Å². The second-order valence-corrected chi connectivity index (χ2v) is 6.07. The van der Waals surface area contributed by atoms with Crippen LogP contribution in [0.1, 0.15) is 31.0 Å². The van der Waals surface area contributed by atoms with Gasteiger partial charge in [-0.3, -0.25) is 0 Å². The summed E-state index contributed by atoms with van der Waals surface area (Å²) in [4.78, 5) is 0. The van der Waals surface area contributed by atoms with E-state index in [2.05, 4.69) is 30.4 Å². The number of hydrogen-bond donors (Lipinski definition) is 1. The van der Waals surface area contributed by atoms with Crippen molar-refractivity contribution < 1.29 is 9.47 Å². The maximum Gasteiger partial charge on any atom is 0.123 e. The number of ether oxygens (including phenoxy) is 2. The zero-order valence-corrected chi connectivity index (χ0v) is 12.8. The van der Waals surface area contributed by atoms with Crippen LogP contribution in [0.4, 0.5) is 0 Å². The van der Waals surface area contributed by atoms with Gasteiger partial charge in [0.15, 0.2) is 0 Å². The molecule has 0 aromatic heterocycles. The van der Waals surface area contributed by atoms with Gasteiger partial charge in [-0.1, -0.05) is 6.07 Å². The third-order valence-corrected chi connectivity index (χ3v) is 4.62. The van der Waals surface area contributed by atoms with Crippen molar-refractivity contribution in [1.29, 1.82) is 0 Å². The molecule has 1 aromatic carbocycles. The Balaban J connectivity index is 2.09. The third-order valence-electron chi connectivity index (χ3n) is 3.40. The fourth-order valence-corrected chi connectivity index (χ4v) is 2.99. The first-order valence-corrected chi connectivity index (χ1v) is 7.91. The largest absolute Gasteiger partial charge is 0.494 e. The van der Waals surface area contributed by atoms with Gasteiger partial charge in [0.1, 0.15) is 5.75 Å². The molecule has 1 saturated heterocycles. The van der Waals surface area contributed by atoms with E-state index in [1.165, 1.54) is 11.1 Å². The maximum atomic E-state index is 5.72. The van der Waals surface area contributed by atoms with E-state index in [1.54, 1.807) is 0 Å². The number of thioether (sulfide) groups is 1. The fraction of sp³-hybridized carbons (Fsp3) is 0.600. The van der Waals surface area contributed by atoms with Crippen molar-refractivity contribution in [2.45, 2.75) is 30.9 Å². The van der Waals surface area contributed by atoms with Crippen LogP contribution in [-0.4, -0.2) is 32.1 Å². The Hall–Kier alpha value is -0.710. The van der Waals surface area contributed by atoms with Crippen LogP contribution in [0.2, 0.25) is 0 Å². The monoisotopic (exact) mass is 281 g/mol. The Morgan fingerprint density at radius 2 is 2.26 bits per heavy atom. The van der Waals surface area contributed by atoms with Gasteiger partial charge in [0.25, 0.3) is 0 Å². The Kier molecular flexibility index (Phi) is 5.55. The van der Waals surface area contributed by atoms with Gasteiger partial charge in [-0.25, -0.2) is 0 Å². The molecule has 0 aliphatic carbocycles. The molecule has 1 heterocycles. The average molecular weight is 281 g/mol. The molecule has 4 heteroatoms. The predicted octanol–water partition coefficient (Wildman–Crippen LogP) is 3.00. The highest BCUT2D eigenvalue weighted by atomic mass is 32.2. The number of benzene rings is 1. The molecular weight excluding hydrogens is 258 g/mol. The quantitative estimate of drug-likeness (QED) is 0.832. The first-order chi connectivity index (χ1) is 9.24. The maximum absolute atomic E-state index is 5.72. The highest BCUT2D eigenvalue weighted by Gasteiger charge is 2.19. The van der Waals surface area contributed by atoms with Crippen LogP contribution >= 0.6 is 11.8 Å². The molecule has 3 nitrogen and oxygen atoms in total. The molecule has 1 aliphatic heterocycles. The van der Waals surface area contributed by atoms with Crippen molar-refractivity contribution in [2.75, 3.05) is 26.9 Å². The lowest BCUT2D eigenvalue weighted by atomic mass is 10.1. The van der Waals surface area contributed by atoms with Gasteiger partial charge in [-0.2, -0.15) is 0 Å². The zero-order valence-electron chi connectivity index (χ0n) is 11.9. The van der Waals surface area contributed by atoms with Gasteiger partial charge in [0, 0.05) is 17.4 Å². The summed E-state index contributed by atoms with van der Waals surface area (Å²) < 4.78 is 10.9. The van der Waals surface area contributed by atoms with Crippen molar-refractivity contribution in [3.63, 3.8) is 0 Å². The van der Waals surface area contributed by atoms with Crippen molar-refractivity contribution in [1.82, 2.24) is 5.32 Å². The lowest BCUT2D eigenvalue weighted by Gasteiger charge is -2.25. The summed E-state index contributed by atoms with van der Waals surface area (Å²) in [5, 5.41) is 3.93. The van der Waals surface area contributed by atoms with Crippen LogP contribution < -0.4 is 10.1 Å². The highest BCUT2D eigenvalue weighted by Crippen LogP contribution is 2.30. The number of hydrogen-bond acceptors (Lipinski definition) is 4. The minimum absolute atomic E-state index is 0.367. The van der Waals surface area contributed by atoms with Gasteiger partial charge < -0.3 is 14.8 Å². The summed E-state index contributed by atoms with van der Waals surface area (Å²) in [7, 11) is 1.99. The number of rotatable bonds is 7. The minimum Gasteiger partial charge on any atom is -0.494 e. The standard InChI is InChI=1S/C15H23NO2S/c1-4-18-15-6-5-12(11(2)16-3)7-13(15)10-19-14-8-17-9-14/h5-7,11,14,16H,4,8-10H2,1-3H3. The van der Waals surface area contributed by atoms with Gasteiger partial charge in [0.05, 0.1) is 25.1 Å². The van der Waals surface area contributed by atoms with E-state index in [-0.39, 0.29) is 0 Å². The van der Waals surface area contributed by atoms with Crippen LogP contribution in [0.5, 0.6) is 5.75 Å². The zero-order chi connectivity index (χ0) is 13.7. The average Bonchev–Trinajstić information content (AvgIpc) is 2.38. The molecule has 1 fully saturated rings. The van der Waals surface area contributed by atoms with Crippen molar-refractivity contribution >= 4 is 11.8 Å². The third kappa shape index (κ3) is 3.88. The molecular formula is C15H23NO2S. The summed E-state index contributed by atoms with van der Waals surface area (Å²) in [6.07, 6.45) is 0. The van der Waals surface area contributed by atoms with Crippen molar-refractivity contribution in [3.05, 3.63) is 29.3 Å². The molecule has 106 valence electrons. The highest BCUT2D eigenvalue weighted by molar-refractivity contribution is 7.99. The second kappa shape index (κ2) is 7.17. The molecule has 19 heavy (non-hydrogen) atoms. The van der Waals surface area contributed by atoms with Crippen LogP contribution in [0.25, 0.3) is 0 Å². The molecule has 0 radical (unpaired) electrons. The lowest BCUT2D eigenvalue weighted by Crippen LogP contribution is -2.30. The van der Waals surface area contributed by atoms with E-state index < -0.39 is 0 Å². The lowest BCUT2D eigenvalue weighted by molar-refractivity contribution is 0.0455. The van der Waals surface area contributed by atoms with Crippen LogP contribution in [0.15, 0.2) is 18.2 Å². The topological polar surface area (TPSA) is 30.5 Å². The van der Waals surface area contributed by atoms with E-state index >= 15 is 0 Å². The SMILES string of the molecule is CCOc1ccc(C(C)NC)cc1CSC1COC1. The Bertz CT molecular complexity index is 407. The molecule has 1 aliphatic rings. The molecule has 2 rings (SSSR count). The summed E-state index contributed by atoms with van der Waals surface area (Å²) in [5.74, 6) is 2.01. The Labute approximate surface area is 120 Å². The van der Waals surface area contributed by atoms with E-state index in [9.17, 15) is 0 Å². The van der Waals surface area contributed by atoms with E-state index in [0.29, 0.717) is 17.9 Å². The van der Waals surface area contributed by atoms with Gasteiger partial charge in [0.2, 0.25) is 0 Å². The van der Waals surface area contributed by atoms with E-state index in [1.807, 2.05) is 25.7 Å². The summed E-state index contributed by atoms with van der Waals surface area (Å²) in [6, 6.07) is 6.87. The molecule has 1 N–H and O–H groups in total. The number of nitrogens with one attached hydrogen (secondary N) is 1. The predicted molar refractivity (Wildman–Crippen MR) is 81.0 cm³/mol. The first-order valence-electron chi connectivity index (χ1n) is 6.86. The first kappa shape index (κ1) is 14.7. The van der Waals surface area contributed by atoms with E-state index in [4.69, 9.17) is 9.47 Å². The van der Waals surface area contributed by atoms with Gasteiger partial charge in [-0.15, -0.1) is 11.8 Å². The molecule has 0 saturated carbocycles. The summed E-state index contributed by atoms with van der Waals surface area (Å²) >= 11 is 1.96. The van der Waals surface area contributed by atoms with Crippen molar-refractivity contribution in [2.24, 2.45) is 0 Å². The molecule has 0 spiro atoms. The Morgan fingerprint density at radius 1 is 1.47 bits per heavy atom. The van der Waals surface area contributed by atoms with Gasteiger partial charge >= 0.3 is 0 Å². The molecule has 0 bridgehead atoms. The summed E-state index contributed by atoms with van der Waals surface area (Å²) in [5.41, 5.74) is 2.60. The minimum atomic E-state index is 0.367. The summed E-state index contributed by atoms with van der Waals surface area (Å²) in [6.45, 7) is 6.70. The molecule has 1 atom stereocenters. The molecule has 1 unspecified atom stereocenters. The van der Waals surface area contributed by atoms with Crippen LogP contribution in [0, 0.1) is 0 Å². The van der Waals surface area contributed by atoms with Crippen molar-refractivity contribution in [3.8, 4) is 5.75 Å². The Morgan fingerprint density at radius 3 is 2.84 bits per heavy atom. The fourth-order valence-electron chi connectivity index (χ4n) is 1.96. The van der Waals surface area contributed by atoms with Gasteiger partial charge in [-0.05, 0) is 38.6 Å². The second-order valence-electron chi connectivity index (χ2n) is 4.78. The normalized spacial score (nSPS) is 17.0. The smallest absolute Gasteiger partial charge is 0.123 e. The molecule has 1 aromatic rings. The van der Waals surface area contributed by atoms with Crippen LogP contribution in [0.3, 0.4) is 0 Å².